The van der Waals surface area contributed by atoms with E-state index in [1.807, 2.05) is 24.4 Å². The molecule has 0 atom stereocenters. The van der Waals surface area contributed by atoms with E-state index in [0.717, 1.165) is 43.7 Å². The van der Waals surface area contributed by atoms with Crippen molar-refractivity contribution in [2.75, 3.05) is 18.0 Å². The van der Waals surface area contributed by atoms with Crippen molar-refractivity contribution in [1.29, 1.82) is 0 Å². The number of hydroxylamine groups is 1. The molecule has 0 saturated carbocycles. The smallest absolute Gasteiger partial charge is 0.267 e. The summed E-state index contributed by atoms with van der Waals surface area (Å²) in [5.74, 6) is -0.527. The topological polar surface area (TPSA) is 80.4 Å². The quantitative estimate of drug-likeness (QED) is 0.295. The third-order valence-electron chi connectivity index (χ3n) is 5.51. The molecule has 1 aromatic heterocycles. The molecule has 3 aromatic rings. The lowest BCUT2D eigenvalue weighted by Gasteiger charge is -2.35. The number of rotatable bonds is 6. The number of hydrogen-bond acceptors (Lipinski definition) is 4. The van der Waals surface area contributed by atoms with Gasteiger partial charge in [0.05, 0.1) is 0 Å². The number of nitrogens with one attached hydrogen (secondary N) is 3. The van der Waals surface area contributed by atoms with E-state index in [2.05, 4.69) is 45.5 Å². The van der Waals surface area contributed by atoms with E-state index >= 15 is 0 Å². The van der Waals surface area contributed by atoms with Gasteiger partial charge in [0.2, 0.25) is 0 Å². The molecule has 2 heterocycles. The highest BCUT2D eigenvalue weighted by Gasteiger charge is 2.20. The van der Waals surface area contributed by atoms with E-state index in [-0.39, 0.29) is 0 Å². The van der Waals surface area contributed by atoms with Crippen molar-refractivity contribution >= 4 is 28.6 Å². The predicted octanol–water partition coefficient (Wildman–Crippen LogP) is 3.45. The van der Waals surface area contributed by atoms with E-state index in [9.17, 15) is 4.79 Å². The van der Waals surface area contributed by atoms with Crippen LogP contribution in [0.15, 0.2) is 60.8 Å². The molecule has 6 heteroatoms. The summed E-state index contributed by atoms with van der Waals surface area (Å²) in [5.41, 5.74) is 6.19. The van der Waals surface area contributed by atoms with Gasteiger partial charge in [-0.1, -0.05) is 24.3 Å². The van der Waals surface area contributed by atoms with Crippen LogP contribution >= 0.6 is 0 Å². The van der Waals surface area contributed by atoms with Gasteiger partial charge < -0.3 is 15.2 Å². The zero-order valence-corrected chi connectivity index (χ0v) is 16.3. The average molecular weight is 390 g/mol. The number of anilines is 1. The molecule has 6 nitrogen and oxygen atoms in total. The molecule has 1 saturated heterocycles. The number of H-pyrrole nitrogens is 1. The Kier molecular flexibility index (Phi) is 5.93. The highest BCUT2D eigenvalue weighted by atomic mass is 16.5. The number of fused-ring (bicyclic) bond motifs is 1. The van der Waals surface area contributed by atoms with Crippen molar-refractivity contribution in [2.24, 2.45) is 0 Å². The number of aromatic amines is 1. The average Bonchev–Trinajstić information content (AvgIpc) is 3.24. The summed E-state index contributed by atoms with van der Waals surface area (Å²) in [5, 5.41) is 13.6. The Morgan fingerprint density at radius 1 is 1.17 bits per heavy atom. The maximum atomic E-state index is 11.3. The van der Waals surface area contributed by atoms with Crippen LogP contribution in [0, 0.1) is 0 Å². The molecule has 4 N–H and O–H groups in total. The van der Waals surface area contributed by atoms with Crippen LogP contribution in [0.3, 0.4) is 0 Å². The zero-order chi connectivity index (χ0) is 20.1. The summed E-state index contributed by atoms with van der Waals surface area (Å²) in [4.78, 5) is 16.9. The van der Waals surface area contributed by atoms with Gasteiger partial charge >= 0.3 is 0 Å². The van der Waals surface area contributed by atoms with Gasteiger partial charge in [0.15, 0.2) is 0 Å². The van der Waals surface area contributed by atoms with Crippen LogP contribution in [0.4, 0.5) is 5.69 Å². The number of amides is 1. The Balaban J connectivity index is 1.33. The van der Waals surface area contributed by atoms with Gasteiger partial charge in [-0.25, -0.2) is 5.48 Å². The molecular formula is C23H26N4O2. The molecule has 0 spiro atoms. The minimum absolute atomic E-state index is 0.496. The van der Waals surface area contributed by atoms with Gasteiger partial charge in [0, 0.05) is 49.2 Å². The fourth-order valence-electron chi connectivity index (χ4n) is 3.92. The first-order valence-electron chi connectivity index (χ1n) is 9.98. The van der Waals surface area contributed by atoms with Crippen LogP contribution in [0.1, 0.15) is 24.0 Å². The SMILES string of the molecule is O=C(C=Cc1ccccc1N1CCC(NCc2ccc3[nH]ccc3c2)CC1)NO. The summed E-state index contributed by atoms with van der Waals surface area (Å²) in [6, 6.07) is 17.2. The van der Waals surface area contributed by atoms with Crippen LogP contribution in [0.2, 0.25) is 0 Å². The number of benzene rings is 2. The number of nitrogens with zero attached hydrogens (tertiary/aromatic N) is 1. The molecule has 150 valence electrons. The minimum atomic E-state index is -0.527. The third-order valence-corrected chi connectivity index (χ3v) is 5.51. The minimum Gasteiger partial charge on any atom is -0.371 e. The molecular weight excluding hydrogens is 364 g/mol. The standard InChI is InChI=1S/C23H26N4O2/c28-23(26-29)8-6-18-3-1-2-4-22(18)27-13-10-20(11-14-27)25-16-17-5-7-21-19(15-17)9-12-24-21/h1-9,12,15,20,24-25,29H,10-11,13-14,16H2,(H,26,28). The molecule has 1 aliphatic rings. The molecule has 0 bridgehead atoms. The second-order valence-electron chi connectivity index (χ2n) is 7.41. The maximum Gasteiger partial charge on any atom is 0.267 e. The van der Waals surface area contributed by atoms with Crippen molar-refractivity contribution in [3.63, 3.8) is 0 Å². The van der Waals surface area contributed by atoms with Crippen LogP contribution in [-0.4, -0.2) is 35.2 Å². The molecule has 29 heavy (non-hydrogen) atoms. The van der Waals surface area contributed by atoms with Gasteiger partial charge in [-0.3, -0.25) is 10.0 Å². The summed E-state index contributed by atoms with van der Waals surface area (Å²) >= 11 is 0. The number of para-hydroxylation sites is 1. The number of aromatic nitrogens is 1. The Hall–Kier alpha value is -3.09. The molecule has 0 radical (unpaired) electrons. The lowest BCUT2D eigenvalue weighted by molar-refractivity contribution is -0.124. The van der Waals surface area contributed by atoms with E-state index in [4.69, 9.17) is 5.21 Å². The zero-order valence-electron chi connectivity index (χ0n) is 16.3. The fourth-order valence-corrected chi connectivity index (χ4v) is 3.92. The van der Waals surface area contributed by atoms with Gasteiger partial charge in [-0.15, -0.1) is 0 Å². The summed E-state index contributed by atoms with van der Waals surface area (Å²) < 4.78 is 0. The molecule has 0 unspecified atom stereocenters. The maximum absolute atomic E-state index is 11.3. The predicted molar refractivity (Wildman–Crippen MR) is 116 cm³/mol. The lowest BCUT2D eigenvalue weighted by Crippen LogP contribution is -2.42. The highest BCUT2D eigenvalue weighted by molar-refractivity contribution is 5.91. The Morgan fingerprint density at radius 2 is 2.00 bits per heavy atom. The van der Waals surface area contributed by atoms with Crippen LogP contribution < -0.4 is 15.7 Å². The number of hydrogen-bond donors (Lipinski definition) is 4. The Morgan fingerprint density at radius 3 is 2.83 bits per heavy atom. The normalized spacial score (nSPS) is 15.3. The number of piperidine rings is 1. The van der Waals surface area contributed by atoms with Crippen molar-refractivity contribution < 1.29 is 10.0 Å². The van der Waals surface area contributed by atoms with E-state index in [1.165, 1.54) is 22.5 Å². The monoisotopic (exact) mass is 390 g/mol. The second kappa shape index (κ2) is 8.94. The van der Waals surface area contributed by atoms with Crippen molar-refractivity contribution in [2.45, 2.75) is 25.4 Å². The Bertz CT molecular complexity index is 1000. The van der Waals surface area contributed by atoms with E-state index in [0.29, 0.717) is 6.04 Å². The van der Waals surface area contributed by atoms with Gasteiger partial charge in [-0.05, 0) is 59.7 Å². The second-order valence-corrected chi connectivity index (χ2v) is 7.41. The van der Waals surface area contributed by atoms with Gasteiger partial charge in [0.25, 0.3) is 5.91 Å². The first-order valence-corrected chi connectivity index (χ1v) is 9.98. The summed E-state index contributed by atoms with van der Waals surface area (Å²) in [6.45, 7) is 2.80. The van der Waals surface area contributed by atoms with Crippen molar-refractivity contribution in [1.82, 2.24) is 15.8 Å². The molecule has 4 rings (SSSR count). The molecule has 1 fully saturated rings. The largest absolute Gasteiger partial charge is 0.371 e. The molecule has 1 aliphatic heterocycles. The van der Waals surface area contributed by atoms with Crippen LogP contribution in [-0.2, 0) is 11.3 Å². The molecule has 2 aromatic carbocycles. The third kappa shape index (κ3) is 4.67. The number of carbonyl (C=O) groups is 1. The van der Waals surface area contributed by atoms with Crippen molar-refractivity contribution in [3.8, 4) is 0 Å². The van der Waals surface area contributed by atoms with Crippen molar-refractivity contribution in [3.05, 3.63) is 71.9 Å². The van der Waals surface area contributed by atoms with Gasteiger partial charge in [-0.2, -0.15) is 0 Å². The molecule has 1 amide bonds. The summed E-state index contributed by atoms with van der Waals surface area (Å²) in [7, 11) is 0. The van der Waals surface area contributed by atoms with Crippen LogP contribution in [0.25, 0.3) is 17.0 Å². The summed E-state index contributed by atoms with van der Waals surface area (Å²) in [6.07, 6.45) is 7.20. The Labute approximate surface area is 170 Å². The molecule has 0 aliphatic carbocycles. The fraction of sp³-hybridized carbons (Fsp3) is 0.261. The van der Waals surface area contributed by atoms with Gasteiger partial charge in [0.1, 0.15) is 0 Å². The first-order chi connectivity index (χ1) is 14.2. The lowest BCUT2D eigenvalue weighted by atomic mass is 10.0. The van der Waals surface area contributed by atoms with E-state index < -0.39 is 5.91 Å². The van der Waals surface area contributed by atoms with Crippen LogP contribution in [0.5, 0.6) is 0 Å². The first kappa shape index (κ1) is 19.2. The van der Waals surface area contributed by atoms with E-state index in [1.54, 1.807) is 11.6 Å². The highest BCUT2D eigenvalue weighted by Crippen LogP contribution is 2.25. The number of carbonyl (C=O) groups excluding carboxylic acids is 1.